The van der Waals surface area contributed by atoms with Crippen LogP contribution < -0.4 is 10.2 Å². The molecule has 0 radical (unpaired) electrons. The molecule has 3 aromatic rings. The van der Waals surface area contributed by atoms with Crippen molar-refractivity contribution < 1.29 is 9.18 Å². The van der Waals surface area contributed by atoms with Gasteiger partial charge < -0.3 is 10.2 Å². The number of rotatable bonds is 3. The lowest BCUT2D eigenvalue weighted by Gasteiger charge is -2.22. The highest BCUT2D eigenvalue weighted by Crippen LogP contribution is 2.32. The van der Waals surface area contributed by atoms with E-state index in [0.29, 0.717) is 5.69 Å². The van der Waals surface area contributed by atoms with Gasteiger partial charge in [-0.2, -0.15) is 0 Å². The molecule has 0 spiro atoms. The first-order valence-corrected chi connectivity index (χ1v) is 8.52. The van der Waals surface area contributed by atoms with E-state index in [1.807, 2.05) is 30.0 Å². The van der Waals surface area contributed by atoms with Crippen molar-refractivity contribution in [1.29, 1.82) is 0 Å². The normalized spacial score (nSPS) is 15.6. The summed E-state index contributed by atoms with van der Waals surface area (Å²) in [6, 6.07) is 17.7. The van der Waals surface area contributed by atoms with Crippen molar-refractivity contribution in [3.8, 4) is 0 Å². The highest BCUT2D eigenvalue weighted by molar-refractivity contribution is 6.06. The zero-order valence-corrected chi connectivity index (χ0v) is 14.3. The van der Waals surface area contributed by atoms with Gasteiger partial charge >= 0.3 is 0 Å². The summed E-state index contributed by atoms with van der Waals surface area (Å²) in [6.07, 6.45) is 2.47. The quantitative estimate of drug-likeness (QED) is 0.756. The first-order chi connectivity index (χ1) is 12.6. The van der Waals surface area contributed by atoms with Crippen molar-refractivity contribution in [2.45, 2.75) is 19.4 Å². The second-order valence-corrected chi connectivity index (χ2v) is 6.42. The Hall–Kier alpha value is -3.21. The number of nitrogens with one attached hydrogen (secondary N) is 1. The molecular weight excluding hydrogens is 329 g/mol. The SMILES string of the molecule is CC1Cc2ccccc2N1C(=O)c1ccc(Nc2ccc(F)cc2)cn1. The van der Waals surface area contributed by atoms with Crippen LogP contribution in [-0.2, 0) is 6.42 Å². The summed E-state index contributed by atoms with van der Waals surface area (Å²) in [5.41, 5.74) is 4.04. The summed E-state index contributed by atoms with van der Waals surface area (Å²) in [5.74, 6) is -0.384. The van der Waals surface area contributed by atoms with Crippen LogP contribution >= 0.6 is 0 Å². The second kappa shape index (κ2) is 6.59. The Kier molecular flexibility index (Phi) is 4.13. The molecule has 4 nitrogen and oxygen atoms in total. The summed E-state index contributed by atoms with van der Waals surface area (Å²) >= 11 is 0. The second-order valence-electron chi connectivity index (χ2n) is 6.42. The minimum atomic E-state index is -0.283. The highest BCUT2D eigenvalue weighted by atomic mass is 19.1. The Bertz CT molecular complexity index is 938. The highest BCUT2D eigenvalue weighted by Gasteiger charge is 2.31. The molecule has 4 rings (SSSR count). The molecule has 0 aliphatic carbocycles. The number of aromatic nitrogens is 1. The van der Waals surface area contributed by atoms with Gasteiger partial charge in [0.1, 0.15) is 11.5 Å². The average Bonchev–Trinajstić information content (AvgIpc) is 2.99. The van der Waals surface area contributed by atoms with Gasteiger partial charge in [-0.05, 0) is 61.4 Å². The van der Waals surface area contributed by atoms with E-state index in [-0.39, 0.29) is 17.8 Å². The maximum atomic E-state index is 13.0. The minimum absolute atomic E-state index is 0.101. The molecule has 0 fully saturated rings. The fraction of sp³-hybridized carbons (Fsp3) is 0.143. The van der Waals surface area contributed by atoms with Crippen LogP contribution in [0, 0.1) is 5.82 Å². The molecule has 1 atom stereocenters. The largest absolute Gasteiger partial charge is 0.354 e. The molecule has 0 bridgehead atoms. The Morgan fingerprint density at radius 3 is 2.54 bits per heavy atom. The van der Waals surface area contributed by atoms with Gasteiger partial charge in [0.15, 0.2) is 0 Å². The molecular formula is C21H18FN3O. The lowest BCUT2D eigenvalue weighted by atomic mass is 10.1. The maximum Gasteiger partial charge on any atom is 0.277 e. The average molecular weight is 347 g/mol. The number of carbonyl (C=O) groups excluding carboxylic acids is 1. The number of amides is 1. The molecule has 1 aliphatic heterocycles. The van der Waals surface area contributed by atoms with E-state index >= 15 is 0 Å². The molecule has 130 valence electrons. The molecule has 1 amide bonds. The van der Waals surface area contributed by atoms with Crippen LogP contribution in [-0.4, -0.2) is 16.9 Å². The molecule has 2 heterocycles. The third-order valence-corrected chi connectivity index (χ3v) is 4.54. The number of benzene rings is 2. The van der Waals surface area contributed by atoms with Gasteiger partial charge in [-0.15, -0.1) is 0 Å². The molecule has 26 heavy (non-hydrogen) atoms. The third kappa shape index (κ3) is 3.04. The van der Waals surface area contributed by atoms with Crippen LogP contribution in [0.5, 0.6) is 0 Å². The molecule has 1 aromatic heterocycles. The van der Waals surface area contributed by atoms with Crippen molar-refractivity contribution >= 4 is 23.0 Å². The molecule has 0 saturated carbocycles. The number of fused-ring (bicyclic) bond motifs is 1. The van der Waals surface area contributed by atoms with Gasteiger partial charge in [0.05, 0.1) is 11.9 Å². The van der Waals surface area contributed by atoms with Gasteiger partial charge in [-0.1, -0.05) is 18.2 Å². The van der Waals surface area contributed by atoms with E-state index in [1.165, 1.54) is 17.7 Å². The van der Waals surface area contributed by atoms with E-state index in [9.17, 15) is 9.18 Å². The monoisotopic (exact) mass is 347 g/mol. The molecule has 1 N–H and O–H groups in total. The van der Waals surface area contributed by atoms with E-state index in [2.05, 4.69) is 16.4 Å². The number of carbonyl (C=O) groups is 1. The predicted octanol–water partition coefficient (Wildman–Crippen LogP) is 4.56. The molecule has 2 aromatic carbocycles. The van der Waals surface area contributed by atoms with Crippen LogP contribution in [0.4, 0.5) is 21.5 Å². The standard InChI is InChI=1S/C21H18FN3O/c1-14-12-15-4-2-3-5-20(15)25(14)21(26)19-11-10-18(13-23-19)24-17-8-6-16(22)7-9-17/h2-11,13-14,24H,12H2,1H3. The summed E-state index contributed by atoms with van der Waals surface area (Å²) in [4.78, 5) is 19.1. The zero-order valence-electron chi connectivity index (χ0n) is 14.3. The Morgan fingerprint density at radius 2 is 1.81 bits per heavy atom. The van der Waals surface area contributed by atoms with E-state index in [1.54, 1.807) is 30.5 Å². The number of hydrogen-bond donors (Lipinski definition) is 1. The van der Waals surface area contributed by atoms with Crippen molar-refractivity contribution in [1.82, 2.24) is 4.98 Å². The van der Waals surface area contributed by atoms with Gasteiger partial charge in [-0.3, -0.25) is 4.79 Å². The van der Waals surface area contributed by atoms with E-state index in [0.717, 1.165) is 23.5 Å². The zero-order chi connectivity index (χ0) is 18.1. The Morgan fingerprint density at radius 1 is 1.08 bits per heavy atom. The third-order valence-electron chi connectivity index (χ3n) is 4.54. The number of nitrogens with zero attached hydrogens (tertiary/aromatic N) is 2. The lowest BCUT2D eigenvalue weighted by molar-refractivity contribution is 0.0976. The number of halogens is 1. The van der Waals surface area contributed by atoms with Crippen LogP contribution in [0.3, 0.4) is 0 Å². The number of hydrogen-bond acceptors (Lipinski definition) is 3. The fourth-order valence-electron chi connectivity index (χ4n) is 3.29. The van der Waals surface area contributed by atoms with E-state index < -0.39 is 0 Å². The first-order valence-electron chi connectivity index (χ1n) is 8.52. The van der Waals surface area contributed by atoms with Crippen LogP contribution in [0.15, 0.2) is 66.9 Å². The Balaban J connectivity index is 1.53. The van der Waals surface area contributed by atoms with Crippen molar-refractivity contribution in [3.05, 3.63) is 83.9 Å². The van der Waals surface area contributed by atoms with Gasteiger partial charge in [0.25, 0.3) is 5.91 Å². The number of para-hydroxylation sites is 1. The molecule has 1 aliphatic rings. The van der Waals surface area contributed by atoms with Crippen molar-refractivity contribution in [3.63, 3.8) is 0 Å². The van der Waals surface area contributed by atoms with Gasteiger partial charge in [0, 0.05) is 17.4 Å². The summed E-state index contributed by atoms with van der Waals surface area (Å²) in [6.45, 7) is 2.04. The number of pyridine rings is 1. The van der Waals surface area contributed by atoms with Crippen molar-refractivity contribution in [2.75, 3.05) is 10.2 Å². The summed E-state index contributed by atoms with van der Waals surface area (Å²) < 4.78 is 13.0. The molecule has 0 saturated heterocycles. The summed E-state index contributed by atoms with van der Waals surface area (Å²) in [7, 11) is 0. The van der Waals surface area contributed by atoms with Crippen LogP contribution in [0.1, 0.15) is 23.0 Å². The van der Waals surface area contributed by atoms with Crippen LogP contribution in [0.2, 0.25) is 0 Å². The van der Waals surface area contributed by atoms with Crippen LogP contribution in [0.25, 0.3) is 0 Å². The van der Waals surface area contributed by atoms with Crippen molar-refractivity contribution in [2.24, 2.45) is 0 Å². The van der Waals surface area contributed by atoms with Gasteiger partial charge in [-0.25, -0.2) is 9.37 Å². The smallest absolute Gasteiger partial charge is 0.277 e. The summed E-state index contributed by atoms with van der Waals surface area (Å²) in [5, 5.41) is 3.14. The Labute approximate surface area is 151 Å². The fourth-order valence-corrected chi connectivity index (χ4v) is 3.29. The topological polar surface area (TPSA) is 45.2 Å². The lowest BCUT2D eigenvalue weighted by Crippen LogP contribution is -2.36. The minimum Gasteiger partial charge on any atom is -0.354 e. The first kappa shape index (κ1) is 16.3. The predicted molar refractivity (Wildman–Crippen MR) is 100 cm³/mol. The van der Waals surface area contributed by atoms with E-state index in [4.69, 9.17) is 0 Å². The molecule has 1 unspecified atom stereocenters. The maximum absolute atomic E-state index is 13.0. The molecule has 5 heteroatoms. The van der Waals surface area contributed by atoms with Gasteiger partial charge in [0.2, 0.25) is 0 Å². The number of anilines is 3.